The number of fused-ring (bicyclic) bond motifs is 2. The molecule has 1 fully saturated rings. The lowest BCUT2D eigenvalue weighted by molar-refractivity contribution is 0.0975. The Labute approximate surface area is 272 Å². The number of benzene rings is 1. The maximum absolute atomic E-state index is 12.5. The number of anilines is 2. The van der Waals surface area contributed by atoms with E-state index in [1.807, 2.05) is 37.3 Å². The molecule has 14 heteroatoms. The van der Waals surface area contributed by atoms with Gasteiger partial charge in [0.25, 0.3) is 0 Å². The van der Waals surface area contributed by atoms with Gasteiger partial charge in [-0.3, -0.25) is 4.79 Å². The van der Waals surface area contributed by atoms with Gasteiger partial charge in [0.15, 0.2) is 17.1 Å². The number of halogens is 3. The number of carbonyl (C=O) groups excluding carboxylic acids is 1. The van der Waals surface area contributed by atoms with Crippen molar-refractivity contribution in [1.82, 2.24) is 29.2 Å². The Morgan fingerprint density at radius 2 is 1.55 bits per heavy atom. The third-order valence-electron chi connectivity index (χ3n) is 6.68. The van der Waals surface area contributed by atoms with Gasteiger partial charge in [0.1, 0.15) is 12.9 Å². The molecule has 4 heterocycles. The van der Waals surface area contributed by atoms with Gasteiger partial charge in [-0.25, -0.2) is 19.0 Å². The van der Waals surface area contributed by atoms with E-state index in [0.29, 0.717) is 35.7 Å². The highest BCUT2D eigenvalue weighted by Gasteiger charge is 2.25. The summed E-state index contributed by atoms with van der Waals surface area (Å²) in [4.78, 5) is 21.2. The quantitative estimate of drug-likeness (QED) is 0.109. The van der Waals surface area contributed by atoms with E-state index < -0.39 is 0 Å². The standard InChI is InChI=1S/C20H21BrN4O2.C8H8BrIN4O/c1-12-8-14(4-5-15(12)18(27)9-13-2-3-13)17-11-23-20-16(22-6-7-26)10-19(21)24-25(17)20;9-6-3-5(11-1-2-15)8-12-4-7(10)14(8)13-6/h4-5,8,10-11,13,22,26H,2-3,6-7,9H2,1H3;3-4,11,15H,1-2H2. The molecule has 1 saturated carbocycles. The van der Waals surface area contributed by atoms with Crippen LogP contribution >= 0.6 is 54.5 Å². The molecule has 1 aliphatic carbocycles. The molecule has 0 amide bonds. The first kappa shape index (κ1) is 30.8. The number of nitrogens with zero attached hydrogens (tertiary/aromatic N) is 6. The van der Waals surface area contributed by atoms with E-state index in [4.69, 9.17) is 10.2 Å². The summed E-state index contributed by atoms with van der Waals surface area (Å²) in [6.07, 6.45) is 6.54. The Hall–Kier alpha value is -2.66. The lowest BCUT2D eigenvalue weighted by Gasteiger charge is -2.09. The van der Waals surface area contributed by atoms with E-state index >= 15 is 0 Å². The summed E-state index contributed by atoms with van der Waals surface area (Å²) in [7, 11) is 0. The van der Waals surface area contributed by atoms with Crippen molar-refractivity contribution in [3.8, 4) is 11.3 Å². The number of imidazole rings is 2. The van der Waals surface area contributed by atoms with Gasteiger partial charge in [-0.1, -0.05) is 12.1 Å². The number of aliphatic hydroxyl groups excluding tert-OH is 2. The number of rotatable bonds is 10. The Morgan fingerprint density at radius 1 is 0.952 bits per heavy atom. The van der Waals surface area contributed by atoms with Gasteiger partial charge in [-0.2, -0.15) is 10.2 Å². The van der Waals surface area contributed by atoms with Crippen LogP contribution in [-0.4, -0.2) is 71.5 Å². The highest BCUT2D eigenvalue weighted by molar-refractivity contribution is 14.1. The molecule has 1 aliphatic rings. The molecular weight excluding hydrogens is 783 g/mol. The van der Waals surface area contributed by atoms with Crippen molar-refractivity contribution in [3.05, 3.63) is 66.8 Å². The summed E-state index contributed by atoms with van der Waals surface area (Å²) in [5, 5.41) is 32.8. The minimum absolute atomic E-state index is 0.0369. The van der Waals surface area contributed by atoms with Crippen molar-refractivity contribution in [2.75, 3.05) is 36.9 Å². The van der Waals surface area contributed by atoms with Crippen LogP contribution < -0.4 is 10.6 Å². The molecule has 4 aromatic heterocycles. The fraction of sp³-hybridized carbons (Fsp3) is 0.321. The lowest BCUT2D eigenvalue weighted by Crippen LogP contribution is -2.08. The first-order valence-corrected chi connectivity index (χ1v) is 16.0. The molecule has 220 valence electrons. The number of aliphatic hydroxyl groups is 2. The van der Waals surface area contributed by atoms with E-state index in [1.165, 1.54) is 12.8 Å². The number of nitrogens with one attached hydrogen (secondary N) is 2. The molecule has 0 unspecified atom stereocenters. The number of carbonyl (C=O) groups is 1. The summed E-state index contributed by atoms with van der Waals surface area (Å²) in [5.74, 6) is 0.817. The summed E-state index contributed by atoms with van der Waals surface area (Å²) < 4.78 is 5.85. The van der Waals surface area contributed by atoms with Crippen molar-refractivity contribution in [1.29, 1.82) is 0 Å². The number of hydrogen-bond acceptors (Lipinski definition) is 9. The second kappa shape index (κ2) is 13.8. The Bertz CT molecular complexity index is 1740. The Kier molecular flexibility index (Phi) is 10.1. The molecule has 42 heavy (non-hydrogen) atoms. The van der Waals surface area contributed by atoms with Gasteiger partial charge in [-0.15, -0.1) is 0 Å². The molecule has 11 nitrogen and oxygen atoms in total. The van der Waals surface area contributed by atoms with Crippen LogP contribution in [0, 0.1) is 16.5 Å². The average molecular weight is 812 g/mol. The van der Waals surface area contributed by atoms with E-state index in [-0.39, 0.29) is 19.0 Å². The number of ketones is 1. The summed E-state index contributed by atoms with van der Waals surface area (Å²) in [6, 6.07) is 9.57. The van der Waals surface area contributed by atoms with E-state index in [1.54, 1.807) is 21.4 Å². The molecule has 0 spiro atoms. The minimum Gasteiger partial charge on any atom is -0.395 e. The zero-order valence-electron chi connectivity index (χ0n) is 22.7. The normalized spacial score (nSPS) is 12.8. The predicted molar refractivity (Wildman–Crippen MR) is 177 cm³/mol. The lowest BCUT2D eigenvalue weighted by atomic mass is 9.98. The highest BCUT2D eigenvalue weighted by Crippen LogP contribution is 2.34. The SMILES string of the molecule is Cc1cc(-c2cnc3c(NCCO)cc(Br)nn23)ccc1C(=O)CC1CC1.OCCNc1cc(Br)nn2c(I)cnc12. The summed E-state index contributed by atoms with van der Waals surface area (Å²) in [5.41, 5.74) is 6.69. The maximum atomic E-state index is 12.5. The molecule has 0 radical (unpaired) electrons. The Balaban J connectivity index is 0.000000199. The van der Waals surface area contributed by atoms with E-state index in [0.717, 1.165) is 47.7 Å². The van der Waals surface area contributed by atoms with Gasteiger partial charge >= 0.3 is 0 Å². The third-order valence-corrected chi connectivity index (χ3v) is 8.19. The number of aromatic nitrogens is 6. The van der Waals surface area contributed by atoms with Crippen LogP contribution in [0.1, 0.15) is 35.2 Å². The molecule has 1 aromatic carbocycles. The summed E-state index contributed by atoms with van der Waals surface area (Å²) in [6.45, 7) is 3.03. The Morgan fingerprint density at radius 3 is 2.14 bits per heavy atom. The number of aryl methyl sites for hydroxylation is 1. The molecule has 0 atom stereocenters. The molecule has 5 aromatic rings. The predicted octanol–water partition coefficient (Wildman–Crippen LogP) is 5.35. The van der Waals surface area contributed by atoms with Crippen molar-refractivity contribution >= 4 is 82.9 Å². The van der Waals surface area contributed by atoms with Crippen molar-refractivity contribution < 1.29 is 15.0 Å². The van der Waals surface area contributed by atoms with Crippen molar-refractivity contribution in [2.45, 2.75) is 26.2 Å². The monoisotopic (exact) mass is 810 g/mol. The van der Waals surface area contributed by atoms with Gasteiger partial charge in [0.2, 0.25) is 0 Å². The number of Topliss-reactive ketones (excluding diaryl/α,β-unsaturated/α-hetero) is 1. The molecule has 4 N–H and O–H groups in total. The zero-order valence-corrected chi connectivity index (χ0v) is 28.0. The number of hydrogen-bond donors (Lipinski definition) is 4. The third kappa shape index (κ3) is 7.10. The van der Waals surface area contributed by atoms with Gasteiger partial charge in [0.05, 0.1) is 42.7 Å². The van der Waals surface area contributed by atoms with Crippen molar-refractivity contribution in [2.24, 2.45) is 5.92 Å². The first-order valence-electron chi connectivity index (χ1n) is 13.4. The molecule has 0 aliphatic heterocycles. The van der Waals surface area contributed by atoms with Crippen LogP contribution in [0.2, 0.25) is 0 Å². The van der Waals surface area contributed by atoms with E-state index in [2.05, 4.69) is 85.2 Å². The van der Waals surface area contributed by atoms with E-state index in [9.17, 15) is 4.79 Å². The van der Waals surface area contributed by atoms with Gasteiger partial charge in [0, 0.05) is 30.6 Å². The topological polar surface area (TPSA) is 142 Å². The largest absolute Gasteiger partial charge is 0.395 e. The van der Waals surface area contributed by atoms with Gasteiger partial charge < -0.3 is 20.8 Å². The molecular formula is C28H29Br2IN8O3. The van der Waals surface area contributed by atoms with Crippen LogP contribution in [0.4, 0.5) is 11.4 Å². The fourth-order valence-electron chi connectivity index (χ4n) is 4.52. The van der Waals surface area contributed by atoms with Crippen LogP contribution in [0.3, 0.4) is 0 Å². The first-order chi connectivity index (χ1) is 20.3. The molecule has 6 rings (SSSR count). The van der Waals surface area contributed by atoms with Crippen LogP contribution in [-0.2, 0) is 0 Å². The summed E-state index contributed by atoms with van der Waals surface area (Å²) >= 11 is 8.93. The minimum atomic E-state index is 0.0369. The van der Waals surface area contributed by atoms with Crippen LogP contribution in [0.15, 0.2) is 51.9 Å². The maximum Gasteiger partial charge on any atom is 0.178 e. The average Bonchev–Trinajstić information content (AvgIpc) is 3.56. The highest BCUT2D eigenvalue weighted by atomic mass is 127. The van der Waals surface area contributed by atoms with Gasteiger partial charge in [-0.05, 0) is 104 Å². The van der Waals surface area contributed by atoms with Crippen LogP contribution in [0.5, 0.6) is 0 Å². The van der Waals surface area contributed by atoms with Crippen molar-refractivity contribution in [3.63, 3.8) is 0 Å². The zero-order chi connectivity index (χ0) is 29.8. The molecule has 0 bridgehead atoms. The van der Waals surface area contributed by atoms with Crippen LogP contribution in [0.25, 0.3) is 22.6 Å². The fourth-order valence-corrected chi connectivity index (χ4v) is 5.77. The second-order valence-electron chi connectivity index (χ2n) is 9.86. The smallest absolute Gasteiger partial charge is 0.178 e. The second-order valence-corrected chi connectivity index (χ2v) is 12.6. The molecule has 0 saturated heterocycles.